The fraction of sp³-hybridized carbons (Fsp3) is 0.550. The molecule has 1 aromatic carbocycles. The maximum absolute atomic E-state index is 13.0. The van der Waals surface area contributed by atoms with Gasteiger partial charge in [-0.3, -0.25) is 4.79 Å². The van der Waals surface area contributed by atoms with Gasteiger partial charge in [0, 0.05) is 31.6 Å². The van der Waals surface area contributed by atoms with Gasteiger partial charge >= 0.3 is 0 Å². The predicted molar refractivity (Wildman–Crippen MR) is 103 cm³/mol. The Balaban J connectivity index is 1.61. The standard InChI is InChI=1S/C20H26N2O4S/c23-20(21-10-4-3-5-11-21)19-15-16-14-17(8-9-18(16)26-19)27(24,25)22-12-6-1-2-7-13-22/h8-9,14-15H,1-7,10-13H2. The van der Waals surface area contributed by atoms with Crippen LogP contribution in [0.5, 0.6) is 0 Å². The van der Waals surface area contributed by atoms with Crippen molar-refractivity contribution in [3.63, 3.8) is 0 Å². The molecule has 0 atom stereocenters. The Morgan fingerprint density at radius 2 is 1.48 bits per heavy atom. The normalized spacial score (nSPS) is 19.9. The Kier molecular flexibility index (Phi) is 5.23. The lowest BCUT2D eigenvalue weighted by Crippen LogP contribution is -2.35. The summed E-state index contributed by atoms with van der Waals surface area (Å²) < 4.78 is 33.3. The van der Waals surface area contributed by atoms with E-state index in [1.807, 2.05) is 4.90 Å². The summed E-state index contributed by atoms with van der Waals surface area (Å²) in [6.07, 6.45) is 7.16. The molecule has 0 saturated carbocycles. The molecule has 1 aromatic heterocycles. The number of piperidine rings is 1. The number of sulfonamides is 1. The summed E-state index contributed by atoms with van der Waals surface area (Å²) in [5.74, 6) is 0.180. The van der Waals surface area contributed by atoms with E-state index in [1.165, 1.54) is 0 Å². The second-order valence-electron chi connectivity index (χ2n) is 7.48. The van der Waals surface area contributed by atoms with Crippen LogP contribution in [-0.2, 0) is 10.0 Å². The van der Waals surface area contributed by atoms with Crippen molar-refractivity contribution >= 4 is 26.9 Å². The molecule has 2 aliphatic heterocycles. The molecule has 0 aliphatic carbocycles. The first kappa shape index (κ1) is 18.5. The lowest BCUT2D eigenvalue weighted by atomic mass is 10.1. The smallest absolute Gasteiger partial charge is 0.289 e. The zero-order chi connectivity index (χ0) is 18.9. The molecule has 3 heterocycles. The van der Waals surface area contributed by atoms with Gasteiger partial charge in [0.25, 0.3) is 5.91 Å². The Morgan fingerprint density at radius 3 is 2.19 bits per heavy atom. The SMILES string of the molecule is O=C(c1cc2cc(S(=O)(=O)N3CCCCCC3)ccc2o1)N1CCCCC1. The summed E-state index contributed by atoms with van der Waals surface area (Å²) in [6.45, 7) is 2.66. The molecule has 6 nitrogen and oxygen atoms in total. The summed E-state index contributed by atoms with van der Waals surface area (Å²) in [7, 11) is -3.51. The topological polar surface area (TPSA) is 70.8 Å². The van der Waals surface area contributed by atoms with Gasteiger partial charge in [0.15, 0.2) is 5.76 Å². The van der Waals surface area contributed by atoms with Crippen molar-refractivity contribution in [2.75, 3.05) is 26.2 Å². The minimum Gasteiger partial charge on any atom is -0.451 e. The third-order valence-corrected chi connectivity index (χ3v) is 7.44. The van der Waals surface area contributed by atoms with E-state index in [0.717, 1.165) is 58.0 Å². The summed E-state index contributed by atoms with van der Waals surface area (Å²) in [5.41, 5.74) is 0.546. The molecule has 7 heteroatoms. The third-order valence-electron chi connectivity index (χ3n) is 5.54. The summed E-state index contributed by atoms with van der Waals surface area (Å²) >= 11 is 0. The minimum atomic E-state index is -3.51. The fourth-order valence-corrected chi connectivity index (χ4v) is 5.52. The first-order chi connectivity index (χ1) is 13.1. The van der Waals surface area contributed by atoms with Gasteiger partial charge in [-0.25, -0.2) is 8.42 Å². The predicted octanol–water partition coefficient (Wildman–Crippen LogP) is 3.62. The van der Waals surface area contributed by atoms with Crippen molar-refractivity contribution in [2.45, 2.75) is 49.8 Å². The van der Waals surface area contributed by atoms with Crippen LogP contribution in [0.15, 0.2) is 33.6 Å². The Morgan fingerprint density at radius 1 is 0.852 bits per heavy atom. The van der Waals surface area contributed by atoms with Crippen molar-refractivity contribution in [3.05, 3.63) is 30.0 Å². The van der Waals surface area contributed by atoms with Crippen LogP contribution >= 0.6 is 0 Å². The molecule has 0 N–H and O–H groups in total. The van der Waals surface area contributed by atoms with Crippen molar-refractivity contribution in [1.82, 2.24) is 9.21 Å². The molecule has 0 unspecified atom stereocenters. The van der Waals surface area contributed by atoms with E-state index in [0.29, 0.717) is 24.1 Å². The van der Waals surface area contributed by atoms with E-state index in [4.69, 9.17) is 4.42 Å². The molecule has 27 heavy (non-hydrogen) atoms. The highest BCUT2D eigenvalue weighted by atomic mass is 32.2. The molecule has 2 saturated heterocycles. The molecule has 1 amide bonds. The van der Waals surface area contributed by atoms with Crippen LogP contribution in [0.2, 0.25) is 0 Å². The van der Waals surface area contributed by atoms with E-state index < -0.39 is 10.0 Å². The van der Waals surface area contributed by atoms with E-state index in [-0.39, 0.29) is 16.6 Å². The molecule has 2 aromatic rings. The van der Waals surface area contributed by atoms with Crippen LogP contribution in [0.3, 0.4) is 0 Å². The van der Waals surface area contributed by atoms with Crippen LogP contribution in [0.4, 0.5) is 0 Å². The monoisotopic (exact) mass is 390 g/mol. The molecule has 0 radical (unpaired) electrons. The number of carbonyl (C=O) groups is 1. The lowest BCUT2D eigenvalue weighted by Gasteiger charge is -2.25. The van der Waals surface area contributed by atoms with Crippen LogP contribution in [-0.4, -0.2) is 49.7 Å². The molecule has 146 valence electrons. The molecule has 2 fully saturated rings. The second kappa shape index (κ2) is 7.64. The van der Waals surface area contributed by atoms with E-state index in [9.17, 15) is 13.2 Å². The van der Waals surface area contributed by atoms with Gasteiger partial charge in [0.2, 0.25) is 10.0 Å². The summed E-state index contributed by atoms with van der Waals surface area (Å²) in [5, 5.41) is 0.659. The number of carbonyl (C=O) groups excluding carboxylic acids is 1. The van der Waals surface area contributed by atoms with Crippen molar-refractivity contribution in [2.24, 2.45) is 0 Å². The lowest BCUT2D eigenvalue weighted by molar-refractivity contribution is 0.0694. The number of nitrogens with zero attached hydrogens (tertiary/aromatic N) is 2. The summed E-state index contributed by atoms with van der Waals surface area (Å²) in [4.78, 5) is 14.7. The molecule has 0 spiro atoms. The quantitative estimate of drug-likeness (QED) is 0.802. The Hall–Kier alpha value is -1.86. The van der Waals surface area contributed by atoms with Crippen LogP contribution < -0.4 is 0 Å². The molecule has 0 bridgehead atoms. The number of likely N-dealkylation sites (tertiary alicyclic amines) is 1. The number of amides is 1. The van der Waals surface area contributed by atoms with Gasteiger partial charge in [0.1, 0.15) is 5.58 Å². The summed E-state index contributed by atoms with van der Waals surface area (Å²) in [6, 6.07) is 6.55. The van der Waals surface area contributed by atoms with Crippen LogP contribution in [0.1, 0.15) is 55.5 Å². The number of rotatable bonds is 3. The third kappa shape index (κ3) is 3.75. The highest BCUT2D eigenvalue weighted by Gasteiger charge is 2.26. The largest absolute Gasteiger partial charge is 0.451 e. The first-order valence-corrected chi connectivity index (χ1v) is 11.3. The highest BCUT2D eigenvalue weighted by Crippen LogP contribution is 2.27. The molecular formula is C20H26N2O4S. The maximum Gasteiger partial charge on any atom is 0.289 e. The van der Waals surface area contributed by atoms with E-state index in [2.05, 4.69) is 0 Å². The van der Waals surface area contributed by atoms with Gasteiger partial charge < -0.3 is 9.32 Å². The van der Waals surface area contributed by atoms with Gasteiger partial charge in [0.05, 0.1) is 4.90 Å². The van der Waals surface area contributed by atoms with Crippen molar-refractivity contribution in [1.29, 1.82) is 0 Å². The van der Waals surface area contributed by atoms with E-state index in [1.54, 1.807) is 28.6 Å². The number of benzene rings is 1. The maximum atomic E-state index is 13.0. The number of furan rings is 1. The fourth-order valence-electron chi connectivity index (χ4n) is 3.97. The Labute approximate surface area is 160 Å². The molecule has 2 aliphatic rings. The first-order valence-electron chi connectivity index (χ1n) is 9.89. The second-order valence-corrected chi connectivity index (χ2v) is 9.42. The van der Waals surface area contributed by atoms with Crippen molar-refractivity contribution in [3.8, 4) is 0 Å². The average molecular weight is 391 g/mol. The molecular weight excluding hydrogens is 364 g/mol. The van der Waals surface area contributed by atoms with E-state index >= 15 is 0 Å². The zero-order valence-electron chi connectivity index (χ0n) is 15.5. The number of hydrogen-bond acceptors (Lipinski definition) is 4. The van der Waals surface area contributed by atoms with Crippen LogP contribution in [0.25, 0.3) is 11.0 Å². The van der Waals surface area contributed by atoms with Gasteiger partial charge in [-0.15, -0.1) is 0 Å². The average Bonchev–Trinajstić information content (AvgIpc) is 2.91. The number of hydrogen-bond donors (Lipinski definition) is 0. The van der Waals surface area contributed by atoms with Crippen molar-refractivity contribution < 1.29 is 17.6 Å². The minimum absolute atomic E-state index is 0.108. The zero-order valence-corrected chi connectivity index (χ0v) is 16.3. The van der Waals surface area contributed by atoms with Gasteiger partial charge in [-0.1, -0.05) is 12.8 Å². The Bertz CT molecular complexity index is 921. The highest BCUT2D eigenvalue weighted by molar-refractivity contribution is 7.89. The number of fused-ring (bicyclic) bond motifs is 1. The van der Waals surface area contributed by atoms with Crippen LogP contribution in [0, 0.1) is 0 Å². The van der Waals surface area contributed by atoms with Gasteiger partial charge in [-0.05, 0) is 56.4 Å². The van der Waals surface area contributed by atoms with Gasteiger partial charge in [-0.2, -0.15) is 4.31 Å². The molecule has 4 rings (SSSR count).